The lowest BCUT2D eigenvalue weighted by molar-refractivity contribution is 0.0526. The Bertz CT molecular complexity index is 496. The smallest absolute Gasteiger partial charge is 0.338 e. The summed E-state index contributed by atoms with van der Waals surface area (Å²) in [4.78, 5) is 12.2. The van der Waals surface area contributed by atoms with Crippen LogP contribution < -0.4 is 4.74 Å². The molecule has 0 atom stereocenters. The topological polar surface area (TPSA) is 35.5 Å². The van der Waals surface area contributed by atoms with E-state index in [1.165, 1.54) is 0 Å². The molecular formula is C19H30O3. The van der Waals surface area contributed by atoms with Crippen LogP contribution in [0.1, 0.15) is 76.9 Å². The van der Waals surface area contributed by atoms with Crippen molar-refractivity contribution in [2.45, 2.75) is 66.2 Å². The summed E-state index contributed by atoms with van der Waals surface area (Å²) in [5.74, 6) is 0.622. The fourth-order valence-electron chi connectivity index (χ4n) is 2.38. The summed E-state index contributed by atoms with van der Waals surface area (Å²) in [7, 11) is 0. The third-order valence-electron chi connectivity index (χ3n) is 3.50. The van der Waals surface area contributed by atoms with E-state index in [0.29, 0.717) is 18.8 Å². The molecule has 0 saturated carbocycles. The highest BCUT2D eigenvalue weighted by Gasteiger charge is 2.29. The van der Waals surface area contributed by atoms with Crippen LogP contribution in [0.2, 0.25) is 0 Å². The van der Waals surface area contributed by atoms with Gasteiger partial charge in [-0.1, -0.05) is 41.5 Å². The third kappa shape index (κ3) is 4.25. The molecule has 0 fully saturated rings. The lowest BCUT2D eigenvalue weighted by Gasteiger charge is -2.30. The molecule has 22 heavy (non-hydrogen) atoms. The molecule has 0 amide bonds. The van der Waals surface area contributed by atoms with E-state index < -0.39 is 0 Å². The van der Waals surface area contributed by atoms with E-state index in [1.54, 1.807) is 0 Å². The molecule has 0 aromatic heterocycles. The first kappa shape index (κ1) is 18.5. The van der Waals surface area contributed by atoms with E-state index >= 15 is 0 Å². The van der Waals surface area contributed by atoms with Gasteiger partial charge in [0.2, 0.25) is 0 Å². The molecule has 0 unspecified atom stereocenters. The van der Waals surface area contributed by atoms with Gasteiger partial charge in [-0.25, -0.2) is 4.79 Å². The Labute approximate surface area is 135 Å². The van der Waals surface area contributed by atoms with Gasteiger partial charge < -0.3 is 9.47 Å². The summed E-state index contributed by atoms with van der Waals surface area (Å²) in [5, 5.41) is 0. The van der Waals surface area contributed by atoms with E-state index in [-0.39, 0.29) is 16.8 Å². The molecule has 0 saturated heterocycles. The van der Waals surface area contributed by atoms with Crippen molar-refractivity contribution in [2.24, 2.45) is 0 Å². The molecule has 124 valence electrons. The molecule has 0 heterocycles. The molecule has 0 bridgehead atoms. The van der Waals surface area contributed by atoms with Crippen molar-refractivity contribution in [3.8, 4) is 5.75 Å². The van der Waals surface area contributed by atoms with Crippen molar-refractivity contribution in [3.63, 3.8) is 0 Å². The fourth-order valence-corrected chi connectivity index (χ4v) is 2.38. The minimum absolute atomic E-state index is 0.118. The van der Waals surface area contributed by atoms with E-state index in [9.17, 15) is 4.79 Å². The number of hydrogen-bond acceptors (Lipinski definition) is 3. The molecule has 1 aromatic carbocycles. The van der Waals surface area contributed by atoms with Gasteiger partial charge in [0, 0.05) is 11.1 Å². The first-order valence-corrected chi connectivity index (χ1v) is 8.01. The van der Waals surface area contributed by atoms with Gasteiger partial charge in [-0.3, -0.25) is 0 Å². The quantitative estimate of drug-likeness (QED) is 0.745. The van der Waals surface area contributed by atoms with Crippen LogP contribution in [0.5, 0.6) is 5.75 Å². The molecule has 0 radical (unpaired) electrons. The molecule has 0 aliphatic heterocycles. The molecule has 3 nitrogen and oxygen atoms in total. The third-order valence-corrected chi connectivity index (χ3v) is 3.50. The first-order chi connectivity index (χ1) is 10.0. The molecule has 1 rings (SSSR count). The van der Waals surface area contributed by atoms with Gasteiger partial charge in [0.25, 0.3) is 0 Å². The lowest BCUT2D eigenvalue weighted by atomic mass is 9.78. The Hall–Kier alpha value is -1.51. The average Bonchev–Trinajstić information content (AvgIpc) is 2.36. The summed E-state index contributed by atoms with van der Waals surface area (Å²) in [6.07, 6.45) is 0. The number of carbonyl (C=O) groups is 1. The van der Waals surface area contributed by atoms with Crippen LogP contribution in [0.15, 0.2) is 12.1 Å². The number of benzene rings is 1. The summed E-state index contributed by atoms with van der Waals surface area (Å²) in [5.41, 5.74) is 2.45. The summed E-state index contributed by atoms with van der Waals surface area (Å²) in [6, 6.07) is 3.83. The second-order valence-corrected chi connectivity index (χ2v) is 7.55. The molecule has 1 aromatic rings. The van der Waals surface area contributed by atoms with E-state index in [0.717, 1.165) is 16.9 Å². The minimum atomic E-state index is -0.276. The standard InChI is InChI=1S/C19H30O3/c1-9-21-16-14(18(3,4)5)11-13(17(20)22-10-2)12-15(16)19(6,7)8/h11-12H,9-10H2,1-8H3. The predicted octanol–water partition coefficient (Wildman–Crippen LogP) is 4.86. The Morgan fingerprint density at radius 1 is 0.909 bits per heavy atom. The van der Waals surface area contributed by atoms with Gasteiger partial charge in [-0.05, 0) is 36.8 Å². The zero-order valence-electron chi connectivity index (χ0n) is 15.3. The van der Waals surface area contributed by atoms with Crippen LogP contribution in [-0.2, 0) is 15.6 Å². The van der Waals surface area contributed by atoms with Crippen molar-refractivity contribution in [1.82, 2.24) is 0 Å². The molecule has 0 spiro atoms. The molecular weight excluding hydrogens is 276 g/mol. The van der Waals surface area contributed by atoms with Crippen molar-refractivity contribution >= 4 is 5.97 Å². The summed E-state index contributed by atoms with van der Waals surface area (Å²) >= 11 is 0. The number of ether oxygens (including phenoxy) is 2. The SMILES string of the molecule is CCOC(=O)c1cc(C(C)(C)C)c(OCC)c(C(C)(C)C)c1. The summed E-state index contributed by atoms with van der Waals surface area (Å²) < 4.78 is 11.1. The van der Waals surface area contributed by atoms with Gasteiger partial charge in [0.05, 0.1) is 18.8 Å². The Morgan fingerprint density at radius 3 is 1.68 bits per heavy atom. The van der Waals surface area contributed by atoms with Gasteiger partial charge in [0.1, 0.15) is 5.75 Å². The fraction of sp³-hybridized carbons (Fsp3) is 0.632. The Balaban J connectivity index is 3.64. The van der Waals surface area contributed by atoms with Gasteiger partial charge in [-0.15, -0.1) is 0 Å². The highest BCUT2D eigenvalue weighted by molar-refractivity contribution is 5.90. The molecule has 0 aliphatic rings. The maximum Gasteiger partial charge on any atom is 0.338 e. The monoisotopic (exact) mass is 306 g/mol. The first-order valence-electron chi connectivity index (χ1n) is 8.01. The van der Waals surface area contributed by atoms with Crippen LogP contribution >= 0.6 is 0 Å². The van der Waals surface area contributed by atoms with Gasteiger partial charge >= 0.3 is 5.97 Å². The lowest BCUT2D eigenvalue weighted by Crippen LogP contribution is -2.21. The number of esters is 1. The summed E-state index contributed by atoms with van der Waals surface area (Å²) in [6.45, 7) is 17.6. The number of carbonyl (C=O) groups excluding carboxylic acids is 1. The second-order valence-electron chi connectivity index (χ2n) is 7.55. The normalized spacial score (nSPS) is 12.2. The van der Waals surface area contributed by atoms with Crippen LogP contribution in [0.4, 0.5) is 0 Å². The number of rotatable bonds is 4. The van der Waals surface area contributed by atoms with Crippen LogP contribution in [0.3, 0.4) is 0 Å². The Morgan fingerprint density at radius 2 is 1.36 bits per heavy atom. The van der Waals surface area contributed by atoms with E-state index in [2.05, 4.69) is 41.5 Å². The van der Waals surface area contributed by atoms with Gasteiger partial charge in [-0.2, -0.15) is 0 Å². The zero-order chi connectivity index (χ0) is 17.1. The van der Waals surface area contributed by atoms with Crippen LogP contribution in [0, 0.1) is 0 Å². The predicted molar refractivity (Wildman–Crippen MR) is 91.0 cm³/mol. The second kappa shape index (κ2) is 6.72. The zero-order valence-corrected chi connectivity index (χ0v) is 15.3. The van der Waals surface area contributed by atoms with Crippen molar-refractivity contribution in [3.05, 3.63) is 28.8 Å². The van der Waals surface area contributed by atoms with Gasteiger partial charge in [0.15, 0.2) is 0 Å². The van der Waals surface area contributed by atoms with Crippen molar-refractivity contribution in [1.29, 1.82) is 0 Å². The Kier molecular flexibility index (Phi) is 5.66. The largest absolute Gasteiger partial charge is 0.493 e. The number of hydrogen-bond donors (Lipinski definition) is 0. The molecule has 3 heteroatoms. The minimum Gasteiger partial charge on any atom is -0.493 e. The average molecular weight is 306 g/mol. The molecule has 0 N–H and O–H groups in total. The maximum absolute atomic E-state index is 12.2. The van der Waals surface area contributed by atoms with Crippen LogP contribution in [-0.4, -0.2) is 19.2 Å². The van der Waals surface area contributed by atoms with Crippen molar-refractivity contribution in [2.75, 3.05) is 13.2 Å². The van der Waals surface area contributed by atoms with E-state index in [1.807, 2.05) is 26.0 Å². The van der Waals surface area contributed by atoms with Crippen LogP contribution in [0.25, 0.3) is 0 Å². The van der Waals surface area contributed by atoms with Crippen molar-refractivity contribution < 1.29 is 14.3 Å². The highest BCUT2D eigenvalue weighted by Crippen LogP contribution is 2.40. The molecule has 0 aliphatic carbocycles. The highest BCUT2D eigenvalue weighted by atomic mass is 16.5. The maximum atomic E-state index is 12.2. The van der Waals surface area contributed by atoms with E-state index in [4.69, 9.17) is 9.47 Å².